The molecule has 10 heteroatoms. The van der Waals surface area contributed by atoms with Gasteiger partial charge in [0.15, 0.2) is 0 Å². The first kappa shape index (κ1) is 18.6. The quantitative estimate of drug-likeness (QED) is 0.805. The predicted molar refractivity (Wildman–Crippen MR) is 76.8 cm³/mol. The van der Waals surface area contributed by atoms with Crippen LogP contribution in [0.3, 0.4) is 0 Å². The van der Waals surface area contributed by atoms with Crippen LogP contribution in [0.4, 0.5) is 22.0 Å². The van der Waals surface area contributed by atoms with Gasteiger partial charge in [0.1, 0.15) is 16.5 Å². The number of halogens is 6. The number of sulfonamides is 1. The topological polar surface area (TPSA) is 46.2 Å². The van der Waals surface area contributed by atoms with Crippen LogP contribution in [0.25, 0.3) is 0 Å². The highest BCUT2D eigenvalue weighted by atomic mass is 35.5. The molecule has 2 aromatic rings. The van der Waals surface area contributed by atoms with Crippen molar-refractivity contribution >= 4 is 21.6 Å². The first-order valence-electron chi connectivity index (χ1n) is 6.31. The van der Waals surface area contributed by atoms with E-state index < -0.39 is 49.9 Å². The molecule has 2 aromatic carbocycles. The largest absolute Gasteiger partial charge is 0.416 e. The van der Waals surface area contributed by atoms with Crippen LogP contribution in [0, 0.1) is 11.6 Å². The average Bonchev–Trinajstić information content (AvgIpc) is 2.47. The highest BCUT2D eigenvalue weighted by Crippen LogP contribution is 2.33. The van der Waals surface area contributed by atoms with Crippen LogP contribution in [0.5, 0.6) is 0 Å². The summed E-state index contributed by atoms with van der Waals surface area (Å²) >= 11 is 5.65. The Balaban J connectivity index is 2.32. The third kappa shape index (κ3) is 4.22. The fourth-order valence-corrected chi connectivity index (χ4v) is 3.35. The lowest BCUT2D eigenvalue weighted by molar-refractivity contribution is -0.137. The molecule has 24 heavy (non-hydrogen) atoms. The van der Waals surface area contributed by atoms with Crippen LogP contribution in [0.2, 0.25) is 5.02 Å². The van der Waals surface area contributed by atoms with Gasteiger partial charge in [-0.2, -0.15) is 13.2 Å². The minimum atomic E-state index is -4.76. The normalized spacial score (nSPS) is 12.4. The Morgan fingerprint density at radius 2 is 1.71 bits per heavy atom. The summed E-state index contributed by atoms with van der Waals surface area (Å²) in [6, 6.07) is 4.21. The van der Waals surface area contributed by atoms with E-state index in [0.717, 1.165) is 24.3 Å². The zero-order valence-electron chi connectivity index (χ0n) is 11.7. The van der Waals surface area contributed by atoms with Gasteiger partial charge in [-0.25, -0.2) is 21.9 Å². The molecule has 0 saturated carbocycles. The van der Waals surface area contributed by atoms with E-state index in [2.05, 4.69) is 0 Å². The standard InChI is InChI=1S/C14H9ClF5NO2S/c15-11-3-1-9(14(18,19)20)6-13(11)24(22,23)21-7-8-5-10(16)2-4-12(8)17/h1-6,21H,7H2. The molecule has 0 saturated heterocycles. The highest BCUT2D eigenvalue weighted by molar-refractivity contribution is 7.89. The molecule has 0 aliphatic carbocycles. The lowest BCUT2D eigenvalue weighted by atomic mass is 10.2. The molecule has 0 fully saturated rings. The number of hydrogen-bond acceptors (Lipinski definition) is 2. The molecule has 1 N–H and O–H groups in total. The summed E-state index contributed by atoms with van der Waals surface area (Å²) in [7, 11) is -4.47. The Bertz CT molecular complexity index is 868. The first-order valence-corrected chi connectivity index (χ1v) is 8.17. The molecular formula is C14H9ClF5NO2S. The predicted octanol–water partition coefficient (Wildman–Crippen LogP) is 4.12. The maximum Gasteiger partial charge on any atom is 0.416 e. The molecule has 0 amide bonds. The average molecular weight is 386 g/mol. The van der Waals surface area contributed by atoms with Crippen LogP contribution in [-0.4, -0.2) is 8.42 Å². The monoisotopic (exact) mass is 385 g/mol. The van der Waals surface area contributed by atoms with Crippen molar-refractivity contribution in [1.82, 2.24) is 4.72 Å². The van der Waals surface area contributed by atoms with E-state index in [0.29, 0.717) is 12.1 Å². The Morgan fingerprint density at radius 1 is 1.04 bits per heavy atom. The summed E-state index contributed by atoms with van der Waals surface area (Å²) in [6.45, 7) is -0.654. The SMILES string of the molecule is O=S(=O)(NCc1cc(F)ccc1F)c1cc(C(F)(F)F)ccc1Cl. The third-order valence-electron chi connectivity index (χ3n) is 3.01. The molecule has 0 spiro atoms. The second-order valence-corrected chi connectivity index (χ2v) is 6.85. The number of alkyl halides is 3. The Morgan fingerprint density at radius 3 is 2.33 bits per heavy atom. The van der Waals surface area contributed by atoms with Crippen molar-refractivity contribution in [2.75, 3.05) is 0 Å². The van der Waals surface area contributed by atoms with Gasteiger partial charge in [0.25, 0.3) is 0 Å². The molecule has 0 aliphatic heterocycles. The van der Waals surface area contributed by atoms with Crippen molar-refractivity contribution in [1.29, 1.82) is 0 Å². The maximum absolute atomic E-state index is 13.5. The van der Waals surface area contributed by atoms with E-state index in [-0.39, 0.29) is 5.56 Å². The molecular weight excluding hydrogens is 377 g/mol. The molecule has 0 aromatic heterocycles. The van der Waals surface area contributed by atoms with Gasteiger partial charge in [-0.15, -0.1) is 0 Å². The lowest BCUT2D eigenvalue weighted by Crippen LogP contribution is -2.24. The van der Waals surface area contributed by atoms with Crippen molar-refractivity contribution < 1.29 is 30.4 Å². The molecule has 0 radical (unpaired) electrons. The molecule has 0 heterocycles. The summed E-state index contributed by atoms with van der Waals surface area (Å²) in [5, 5.41) is -0.435. The van der Waals surface area contributed by atoms with E-state index in [4.69, 9.17) is 11.6 Å². The number of hydrogen-bond donors (Lipinski definition) is 1. The fourth-order valence-electron chi connectivity index (χ4n) is 1.81. The van der Waals surface area contributed by atoms with E-state index in [1.807, 2.05) is 4.72 Å². The molecule has 0 unspecified atom stereocenters. The zero-order chi connectivity index (χ0) is 18.1. The van der Waals surface area contributed by atoms with Crippen molar-refractivity contribution in [3.05, 3.63) is 64.2 Å². The summed E-state index contributed by atoms with van der Waals surface area (Å²) < 4.78 is 90.7. The number of nitrogens with one attached hydrogen (secondary N) is 1. The van der Waals surface area contributed by atoms with Crippen LogP contribution >= 0.6 is 11.6 Å². The van der Waals surface area contributed by atoms with Gasteiger partial charge in [-0.05, 0) is 36.4 Å². The van der Waals surface area contributed by atoms with Crippen LogP contribution in [0.15, 0.2) is 41.3 Å². The van der Waals surface area contributed by atoms with Crippen molar-refractivity contribution in [2.45, 2.75) is 17.6 Å². The molecule has 0 aliphatic rings. The van der Waals surface area contributed by atoms with Crippen LogP contribution in [0.1, 0.15) is 11.1 Å². The Kier molecular flexibility index (Phi) is 5.17. The summed E-state index contributed by atoms with van der Waals surface area (Å²) in [5.41, 5.74) is -1.51. The lowest BCUT2D eigenvalue weighted by Gasteiger charge is -2.12. The van der Waals surface area contributed by atoms with Crippen molar-refractivity contribution in [3.63, 3.8) is 0 Å². The minimum absolute atomic E-state index is 0.304. The Hall–Kier alpha value is -1.71. The van der Waals surface area contributed by atoms with Gasteiger partial charge in [0, 0.05) is 12.1 Å². The van der Waals surface area contributed by atoms with Gasteiger partial charge in [0.2, 0.25) is 10.0 Å². The Labute approximate surface area is 139 Å². The molecule has 130 valence electrons. The van der Waals surface area contributed by atoms with E-state index in [1.165, 1.54) is 0 Å². The van der Waals surface area contributed by atoms with E-state index in [9.17, 15) is 30.4 Å². The minimum Gasteiger partial charge on any atom is -0.207 e. The summed E-state index contributed by atoms with van der Waals surface area (Å²) in [5.74, 6) is -1.66. The van der Waals surface area contributed by atoms with Gasteiger partial charge in [-0.3, -0.25) is 0 Å². The third-order valence-corrected chi connectivity index (χ3v) is 4.89. The zero-order valence-corrected chi connectivity index (χ0v) is 13.2. The molecule has 0 atom stereocenters. The fraction of sp³-hybridized carbons (Fsp3) is 0.143. The second-order valence-electron chi connectivity index (χ2n) is 4.70. The van der Waals surface area contributed by atoms with Crippen molar-refractivity contribution in [2.24, 2.45) is 0 Å². The summed E-state index contributed by atoms with van der Waals surface area (Å²) in [6.07, 6.45) is -4.76. The molecule has 0 bridgehead atoms. The molecule has 3 nitrogen and oxygen atoms in total. The van der Waals surface area contributed by atoms with E-state index in [1.54, 1.807) is 0 Å². The van der Waals surface area contributed by atoms with Gasteiger partial charge < -0.3 is 0 Å². The number of rotatable bonds is 4. The molecule has 2 rings (SSSR count). The van der Waals surface area contributed by atoms with Crippen LogP contribution < -0.4 is 4.72 Å². The summed E-state index contributed by atoms with van der Waals surface area (Å²) in [4.78, 5) is -0.809. The maximum atomic E-state index is 13.5. The number of benzene rings is 2. The van der Waals surface area contributed by atoms with Crippen LogP contribution in [-0.2, 0) is 22.7 Å². The second kappa shape index (κ2) is 6.66. The van der Waals surface area contributed by atoms with E-state index >= 15 is 0 Å². The van der Waals surface area contributed by atoms with Gasteiger partial charge >= 0.3 is 6.18 Å². The van der Waals surface area contributed by atoms with Gasteiger partial charge in [-0.1, -0.05) is 11.6 Å². The first-order chi connectivity index (χ1) is 11.0. The highest BCUT2D eigenvalue weighted by Gasteiger charge is 2.32. The smallest absolute Gasteiger partial charge is 0.207 e. The van der Waals surface area contributed by atoms with Gasteiger partial charge in [0.05, 0.1) is 10.6 Å². The van der Waals surface area contributed by atoms with Crippen molar-refractivity contribution in [3.8, 4) is 0 Å².